The first kappa shape index (κ1) is 42.8. The zero-order valence-corrected chi connectivity index (χ0v) is 29.8. The molecule has 0 saturated heterocycles. The lowest BCUT2D eigenvalue weighted by molar-refractivity contribution is -0.193. The summed E-state index contributed by atoms with van der Waals surface area (Å²) in [4.78, 5) is 42.2. The Kier molecular flexibility index (Phi) is 13.2. The number of H-pyrrole nitrogens is 1. The molecule has 2 aromatic heterocycles. The number of carboxylic acid groups (broad SMARTS) is 2. The summed E-state index contributed by atoms with van der Waals surface area (Å²) < 4.78 is 80.2. The van der Waals surface area contributed by atoms with Crippen molar-refractivity contribution in [1.29, 1.82) is 0 Å². The number of benzene rings is 4. The Morgan fingerprint density at radius 1 is 0.842 bits per heavy atom. The van der Waals surface area contributed by atoms with Crippen LogP contribution in [-0.4, -0.2) is 55.4 Å². The Morgan fingerprint density at radius 2 is 1.49 bits per heavy atom. The Hall–Kier alpha value is -6.98. The molecule has 0 radical (unpaired) electrons. The number of pyridine rings is 1. The number of carbonyl (C=O) groups excluding carboxylic acids is 1. The van der Waals surface area contributed by atoms with Crippen LogP contribution in [0.4, 0.5) is 42.2 Å². The van der Waals surface area contributed by atoms with Crippen molar-refractivity contribution in [3.05, 3.63) is 131 Å². The van der Waals surface area contributed by atoms with Gasteiger partial charge in [-0.1, -0.05) is 61.0 Å². The van der Waals surface area contributed by atoms with Gasteiger partial charge in [-0.05, 0) is 66.3 Å². The average Bonchev–Trinajstić information content (AvgIpc) is 3.64. The number of carbonyl (C=O) groups is 3. The molecule has 1 unspecified atom stereocenters. The van der Waals surface area contributed by atoms with E-state index in [2.05, 4.69) is 20.3 Å². The Balaban J connectivity index is 0.000000440. The van der Waals surface area contributed by atoms with E-state index >= 15 is 4.39 Å². The fourth-order valence-electron chi connectivity index (χ4n) is 5.45. The largest absolute Gasteiger partial charge is 0.490 e. The lowest BCUT2D eigenvalue weighted by Crippen LogP contribution is -2.21. The molecule has 0 bridgehead atoms. The predicted molar refractivity (Wildman–Crippen MR) is 197 cm³/mol. The van der Waals surface area contributed by atoms with Gasteiger partial charge in [0.25, 0.3) is 0 Å². The van der Waals surface area contributed by atoms with Crippen molar-refractivity contribution in [2.75, 3.05) is 11.1 Å². The third-order valence-electron chi connectivity index (χ3n) is 8.15. The summed E-state index contributed by atoms with van der Waals surface area (Å²) in [6.45, 7) is 4.04. The normalized spacial score (nSPS) is 11.7. The number of hydrogen-bond donors (Lipinski definition) is 6. The number of primary amides is 1. The first-order valence-electron chi connectivity index (χ1n) is 16.6. The van der Waals surface area contributed by atoms with E-state index in [1.165, 1.54) is 0 Å². The maximum Gasteiger partial charge on any atom is 0.490 e. The van der Waals surface area contributed by atoms with Crippen molar-refractivity contribution >= 4 is 40.1 Å². The number of nitrogens with zero attached hydrogens (tertiary/aromatic N) is 2. The molecule has 298 valence electrons. The van der Waals surface area contributed by atoms with E-state index in [9.17, 15) is 31.1 Å². The lowest BCUT2D eigenvalue weighted by atomic mass is 9.93. The lowest BCUT2D eigenvalue weighted by Gasteiger charge is -2.22. The number of rotatable bonds is 8. The van der Waals surface area contributed by atoms with Crippen molar-refractivity contribution in [2.24, 2.45) is 5.73 Å². The first-order chi connectivity index (χ1) is 26.7. The number of imidazole rings is 1. The van der Waals surface area contributed by atoms with Gasteiger partial charge in [-0.15, -0.1) is 0 Å². The summed E-state index contributed by atoms with van der Waals surface area (Å²) in [6.07, 6.45) is -6.15. The molecule has 1 atom stereocenters. The highest BCUT2D eigenvalue weighted by molar-refractivity contribution is 5.99. The molecule has 0 fully saturated rings. The van der Waals surface area contributed by atoms with E-state index < -0.39 is 36.2 Å². The molecule has 6 rings (SSSR count). The van der Waals surface area contributed by atoms with E-state index in [1.54, 1.807) is 30.6 Å². The number of nitrogens with two attached hydrogens (primary N) is 2. The van der Waals surface area contributed by atoms with Gasteiger partial charge in [0.1, 0.15) is 23.5 Å². The van der Waals surface area contributed by atoms with Gasteiger partial charge in [-0.2, -0.15) is 26.3 Å². The number of aliphatic carboxylic acids is 2. The molecule has 1 amide bonds. The second kappa shape index (κ2) is 17.7. The molecule has 0 aliphatic rings. The minimum atomic E-state index is -5.08. The molecule has 0 aliphatic heterocycles. The van der Waals surface area contributed by atoms with Gasteiger partial charge in [0.05, 0.1) is 11.9 Å². The van der Waals surface area contributed by atoms with Crippen molar-refractivity contribution in [2.45, 2.75) is 38.7 Å². The highest BCUT2D eigenvalue weighted by atomic mass is 19.4. The third kappa shape index (κ3) is 10.8. The van der Waals surface area contributed by atoms with Crippen LogP contribution in [0.1, 0.15) is 45.8 Å². The quantitative estimate of drug-likeness (QED) is 0.0819. The number of nitrogen functional groups attached to an aromatic ring is 1. The number of amides is 1. The van der Waals surface area contributed by atoms with Crippen molar-refractivity contribution in [1.82, 2.24) is 15.0 Å². The molecule has 8 N–H and O–H groups in total. The van der Waals surface area contributed by atoms with E-state index in [0.29, 0.717) is 39.6 Å². The second-order valence-corrected chi connectivity index (χ2v) is 12.2. The highest BCUT2D eigenvalue weighted by Gasteiger charge is 2.39. The number of aryl methyl sites for hydroxylation is 2. The summed E-state index contributed by atoms with van der Waals surface area (Å²) in [6, 6.07) is 25.6. The number of alkyl halides is 6. The molecule has 11 nitrogen and oxygen atoms in total. The van der Waals surface area contributed by atoms with E-state index in [-0.39, 0.29) is 5.82 Å². The predicted octanol–water partition coefficient (Wildman–Crippen LogP) is 8.45. The molecule has 4 aromatic carbocycles. The van der Waals surface area contributed by atoms with Gasteiger partial charge < -0.3 is 32.0 Å². The fourth-order valence-corrected chi connectivity index (χ4v) is 5.45. The van der Waals surface area contributed by atoms with Crippen molar-refractivity contribution in [3.63, 3.8) is 0 Å². The topological polar surface area (TPSA) is 197 Å². The summed E-state index contributed by atoms with van der Waals surface area (Å²) in [5, 5.41) is 19.5. The average molecular weight is 799 g/mol. The van der Waals surface area contributed by atoms with Crippen molar-refractivity contribution in [3.8, 4) is 22.4 Å². The summed E-state index contributed by atoms with van der Waals surface area (Å²) in [5.74, 6) is -5.49. The van der Waals surface area contributed by atoms with Crippen LogP contribution < -0.4 is 16.8 Å². The van der Waals surface area contributed by atoms with Crippen LogP contribution in [0, 0.1) is 12.7 Å². The van der Waals surface area contributed by atoms with Gasteiger partial charge in [0, 0.05) is 39.5 Å². The van der Waals surface area contributed by atoms with E-state index in [0.717, 1.165) is 39.6 Å². The molecular formula is C39H33F7N6O5. The van der Waals surface area contributed by atoms with E-state index in [4.69, 9.17) is 31.3 Å². The van der Waals surface area contributed by atoms with Crippen LogP contribution >= 0.6 is 0 Å². The summed E-state index contributed by atoms with van der Waals surface area (Å²) in [7, 11) is 0. The summed E-state index contributed by atoms with van der Waals surface area (Å²) >= 11 is 0. The molecule has 0 saturated carbocycles. The first-order valence-corrected chi connectivity index (χ1v) is 16.6. The Labute approximate surface area is 319 Å². The van der Waals surface area contributed by atoms with Gasteiger partial charge in [-0.25, -0.2) is 23.9 Å². The fraction of sp³-hybridized carbons (Fsp3) is 0.154. The zero-order chi connectivity index (χ0) is 42.2. The van der Waals surface area contributed by atoms with Gasteiger partial charge in [-0.3, -0.25) is 4.79 Å². The van der Waals surface area contributed by atoms with Crippen LogP contribution in [0.25, 0.3) is 33.2 Å². The molecule has 0 spiro atoms. The highest BCUT2D eigenvalue weighted by Crippen LogP contribution is 2.36. The molecular weight excluding hydrogens is 765 g/mol. The molecule has 6 aromatic rings. The number of fused-ring (bicyclic) bond motifs is 1. The number of halogens is 7. The van der Waals surface area contributed by atoms with Crippen LogP contribution in [0.5, 0.6) is 0 Å². The third-order valence-corrected chi connectivity index (χ3v) is 8.15. The maximum atomic E-state index is 16.7. The number of anilines is 2. The standard InChI is InChI=1S/C35H31FN6O.2C2HF3O2/c1-3-21-16-28(22-8-6-7-20(2)15-22)31(36)29(17-21)32(41-24-11-12-25-23(18-24)13-14-39-33(25)37)35-40-19-30(42-35)26-9-4-5-10-27(26)34(38)43;2*3-2(4,5)1(6)7/h4-19,32,41H,3H2,1-2H3,(H2,37,39)(H2,38,43)(H,40,42);2*(H,6,7). The number of aromatic amines is 1. The van der Waals surface area contributed by atoms with Crippen LogP contribution in [-0.2, 0) is 16.0 Å². The van der Waals surface area contributed by atoms with Crippen LogP contribution in [0.15, 0.2) is 97.3 Å². The summed E-state index contributed by atoms with van der Waals surface area (Å²) in [5.41, 5.74) is 17.9. The van der Waals surface area contributed by atoms with Gasteiger partial charge >= 0.3 is 24.3 Å². The second-order valence-electron chi connectivity index (χ2n) is 12.2. The molecule has 2 heterocycles. The van der Waals surface area contributed by atoms with Crippen LogP contribution in [0.3, 0.4) is 0 Å². The monoisotopic (exact) mass is 798 g/mol. The van der Waals surface area contributed by atoms with E-state index in [1.807, 2.05) is 80.6 Å². The smallest absolute Gasteiger partial charge is 0.475 e. The molecule has 18 heteroatoms. The molecule has 57 heavy (non-hydrogen) atoms. The van der Waals surface area contributed by atoms with Gasteiger partial charge in [0.2, 0.25) is 5.91 Å². The zero-order valence-electron chi connectivity index (χ0n) is 29.8. The van der Waals surface area contributed by atoms with Gasteiger partial charge in [0.15, 0.2) is 0 Å². The maximum absolute atomic E-state index is 16.7. The number of aromatic nitrogens is 3. The molecule has 0 aliphatic carbocycles. The van der Waals surface area contributed by atoms with Crippen LogP contribution in [0.2, 0.25) is 0 Å². The number of nitrogens with one attached hydrogen (secondary N) is 2. The minimum Gasteiger partial charge on any atom is -0.475 e. The number of carboxylic acids is 2. The SMILES string of the molecule is CCc1cc(-c2cccc(C)c2)c(F)c(C(Nc2ccc3c(N)nccc3c2)c2ncc(-c3ccccc3C(N)=O)[nH]2)c1.O=C(O)C(F)(F)F.O=C(O)C(F)(F)F. The Bertz CT molecular complexity index is 2390. The van der Waals surface area contributed by atoms with Crippen molar-refractivity contribution < 1.29 is 55.3 Å². The minimum absolute atomic E-state index is 0.343. The number of hydrogen-bond acceptors (Lipinski definition) is 7. The Morgan fingerprint density at radius 3 is 2.09 bits per heavy atom.